The molecule has 2 atom stereocenters. The molecule has 2 saturated heterocycles. The van der Waals surface area contributed by atoms with Gasteiger partial charge in [-0.25, -0.2) is 9.37 Å². The van der Waals surface area contributed by atoms with Crippen LogP contribution in [0.25, 0.3) is 11.5 Å². The van der Waals surface area contributed by atoms with E-state index in [4.69, 9.17) is 9.15 Å². The van der Waals surface area contributed by atoms with E-state index in [-0.39, 0.29) is 24.2 Å². The maximum Gasteiger partial charge on any atom is 0.313 e. The number of aryl methyl sites for hydroxylation is 1. The molecular weight excluding hydrogens is 339 g/mol. The van der Waals surface area contributed by atoms with Gasteiger partial charge in [0.1, 0.15) is 17.0 Å². The van der Waals surface area contributed by atoms with Gasteiger partial charge in [0.2, 0.25) is 5.89 Å². The van der Waals surface area contributed by atoms with Crippen molar-refractivity contribution >= 4 is 5.97 Å². The Morgan fingerprint density at radius 2 is 2.27 bits per heavy atom. The average Bonchev–Trinajstić information content (AvgIpc) is 3.17. The second-order valence-corrected chi connectivity index (χ2v) is 7.17. The molecule has 0 aliphatic carbocycles. The molecule has 0 saturated carbocycles. The molecule has 138 valence electrons. The molecule has 2 aromatic rings. The second-order valence-electron chi connectivity index (χ2n) is 7.17. The Labute approximate surface area is 150 Å². The molecule has 2 aliphatic rings. The highest BCUT2D eigenvalue weighted by atomic mass is 19.1. The number of nitrogens with zero attached hydrogens (tertiary/aromatic N) is 2. The summed E-state index contributed by atoms with van der Waals surface area (Å²) in [5, 5.41) is 9.74. The number of likely N-dealkylation sites (tertiary alicyclic amines) is 1. The predicted octanol–water partition coefficient (Wildman–Crippen LogP) is 2.71. The lowest BCUT2D eigenvalue weighted by Crippen LogP contribution is -2.46. The van der Waals surface area contributed by atoms with Crippen LogP contribution in [-0.2, 0) is 16.1 Å². The van der Waals surface area contributed by atoms with Crippen LogP contribution in [0, 0.1) is 24.1 Å². The lowest BCUT2D eigenvalue weighted by molar-refractivity contribution is -0.159. The third-order valence-corrected chi connectivity index (χ3v) is 5.53. The van der Waals surface area contributed by atoms with Gasteiger partial charge in [0.25, 0.3) is 0 Å². The highest BCUT2D eigenvalue weighted by molar-refractivity contribution is 5.76. The van der Waals surface area contributed by atoms with Crippen molar-refractivity contribution in [2.45, 2.75) is 19.9 Å². The number of carboxylic acid groups (broad SMARTS) is 1. The lowest BCUT2D eigenvalue weighted by atomic mass is 9.76. The topological polar surface area (TPSA) is 75.8 Å². The van der Waals surface area contributed by atoms with Crippen LogP contribution in [0.3, 0.4) is 0 Å². The van der Waals surface area contributed by atoms with Gasteiger partial charge in [-0.3, -0.25) is 9.69 Å². The van der Waals surface area contributed by atoms with Crippen molar-refractivity contribution in [1.29, 1.82) is 0 Å². The average molecular weight is 360 g/mol. The minimum Gasteiger partial charge on any atom is -0.481 e. The summed E-state index contributed by atoms with van der Waals surface area (Å²) < 4.78 is 25.1. The molecule has 1 aromatic heterocycles. The molecule has 0 radical (unpaired) electrons. The zero-order valence-electron chi connectivity index (χ0n) is 14.6. The molecule has 4 rings (SSSR count). The number of fused-ring (bicyclic) bond motifs is 1. The normalized spacial score (nSPS) is 26.0. The largest absolute Gasteiger partial charge is 0.481 e. The van der Waals surface area contributed by atoms with Crippen LogP contribution in [0.1, 0.15) is 17.9 Å². The zero-order valence-corrected chi connectivity index (χ0v) is 14.6. The Morgan fingerprint density at radius 3 is 3.00 bits per heavy atom. The molecule has 2 aliphatic heterocycles. The number of oxazole rings is 1. The Hall–Kier alpha value is -2.25. The number of rotatable bonds is 4. The van der Waals surface area contributed by atoms with E-state index >= 15 is 0 Å². The highest BCUT2D eigenvalue weighted by Gasteiger charge is 2.54. The molecule has 0 spiro atoms. The number of ether oxygens (including phenoxy) is 1. The number of carbonyl (C=O) groups is 1. The van der Waals surface area contributed by atoms with Crippen LogP contribution < -0.4 is 0 Å². The van der Waals surface area contributed by atoms with Crippen molar-refractivity contribution in [1.82, 2.24) is 9.88 Å². The van der Waals surface area contributed by atoms with Crippen molar-refractivity contribution in [3.05, 3.63) is 41.5 Å². The van der Waals surface area contributed by atoms with Crippen LogP contribution in [0.15, 0.2) is 28.7 Å². The predicted molar refractivity (Wildman–Crippen MR) is 90.9 cm³/mol. The van der Waals surface area contributed by atoms with Gasteiger partial charge in [0.15, 0.2) is 0 Å². The summed E-state index contributed by atoms with van der Waals surface area (Å²) >= 11 is 0. The number of halogens is 1. The Morgan fingerprint density at radius 1 is 1.46 bits per heavy atom. The van der Waals surface area contributed by atoms with Crippen LogP contribution in [0.5, 0.6) is 0 Å². The first-order valence-electron chi connectivity index (χ1n) is 8.74. The fourth-order valence-electron chi connectivity index (χ4n) is 4.05. The first-order chi connectivity index (χ1) is 12.5. The van der Waals surface area contributed by atoms with E-state index in [1.165, 1.54) is 6.07 Å². The summed E-state index contributed by atoms with van der Waals surface area (Å²) in [7, 11) is 0. The van der Waals surface area contributed by atoms with Gasteiger partial charge in [0, 0.05) is 26.2 Å². The molecule has 6 nitrogen and oxygen atoms in total. The van der Waals surface area contributed by atoms with Crippen molar-refractivity contribution < 1.29 is 23.4 Å². The molecule has 0 unspecified atom stereocenters. The molecule has 7 heteroatoms. The fraction of sp³-hybridized carbons (Fsp3) is 0.474. The van der Waals surface area contributed by atoms with E-state index in [1.807, 2.05) is 0 Å². The van der Waals surface area contributed by atoms with E-state index in [0.29, 0.717) is 43.3 Å². The molecule has 0 amide bonds. The van der Waals surface area contributed by atoms with Crippen molar-refractivity contribution in [2.75, 3.05) is 26.3 Å². The summed E-state index contributed by atoms with van der Waals surface area (Å²) in [6.07, 6.45) is 0.751. The fourth-order valence-corrected chi connectivity index (χ4v) is 4.05. The number of hydrogen-bond donors (Lipinski definition) is 1. The van der Waals surface area contributed by atoms with Crippen molar-refractivity contribution in [2.24, 2.45) is 11.3 Å². The van der Waals surface area contributed by atoms with Gasteiger partial charge in [-0.2, -0.15) is 0 Å². The van der Waals surface area contributed by atoms with E-state index in [9.17, 15) is 14.3 Å². The molecular formula is C19H21FN2O4. The maximum atomic E-state index is 14.0. The number of carboxylic acids is 1. The monoisotopic (exact) mass is 360 g/mol. The van der Waals surface area contributed by atoms with Gasteiger partial charge in [0.05, 0.1) is 17.9 Å². The van der Waals surface area contributed by atoms with Crippen molar-refractivity contribution in [3.8, 4) is 11.5 Å². The molecule has 26 heavy (non-hydrogen) atoms. The van der Waals surface area contributed by atoms with E-state index in [0.717, 1.165) is 6.42 Å². The van der Waals surface area contributed by atoms with E-state index in [1.54, 1.807) is 25.1 Å². The molecule has 3 heterocycles. The quantitative estimate of drug-likeness (QED) is 0.904. The number of benzene rings is 1. The number of aromatic nitrogens is 1. The van der Waals surface area contributed by atoms with Gasteiger partial charge < -0.3 is 14.3 Å². The van der Waals surface area contributed by atoms with Crippen molar-refractivity contribution in [3.63, 3.8) is 0 Å². The third kappa shape index (κ3) is 2.81. The minimum atomic E-state index is -0.843. The SMILES string of the molecule is Cc1oc(-c2ccccc2F)nc1CN1C[C@@H]2CCOC[C@]2(C(=O)O)C1. The summed E-state index contributed by atoms with van der Waals surface area (Å²) in [5.74, 6) is -0.225. The van der Waals surface area contributed by atoms with Crippen LogP contribution in [0.4, 0.5) is 4.39 Å². The Balaban J connectivity index is 1.55. The van der Waals surface area contributed by atoms with E-state index < -0.39 is 11.4 Å². The second kappa shape index (κ2) is 6.48. The summed E-state index contributed by atoms with van der Waals surface area (Å²) in [6, 6.07) is 6.36. The maximum absolute atomic E-state index is 14.0. The van der Waals surface area contributed by atoms with Crippen LogP contribution in [0.2, 0.25) is 0 Å². The molecule has 2 fully saturated rings. The Bertz CT molecular complexity index is 837. The lowest BCUT2D eigenvalue weighted by Gasteiger charge is -2.34. The van der Waals surface area contributed by atoms with Gasteiger partial charge in [-0.1, -0.05) is 12.1 Å². The van der Waals surface area contributed by atoms with Gasteiger partial charge >= 0.3 is 5.97 Å². The first kappa shape index (κ1) is 17.2. The third-order valence-electron chi connectivity index (χ3n) is 5.53. The summed E-state index contributed by atoms with van der Waals surface area (Å²) in [5.41, 5.74) is 0.195. The summed E-state index contributed by atoms with van der Waals surface area (Å²) in [6.45, 7) is 4.25. The highest BCUT2D eigenvalue weighted by Crippen LogP contribution is 2.42. The van der Waals surface area contributed by atoms with Gasteiger partial charge in [-0.05, 0) is 31.4 Å². The Kier molecular flexibility index (Phi) is 4.28. The van der Waals surface area contributed by atoms with E-state index in [2.05, 4.69) is 9.88 Å². The molecule has 0 bridgehead atoms. The number of hydrogen-bond acceptors (Lipinski definition) is 5. The van der Waals surface area contributed by atoms with Gasteiger partial charge in [-0.15, -0.1) is 0 Å². The minimum absolute atomic E-state index is 0.0759. The standard InChI is InChI=1S/C19H21FN2O4/c1-12-16(21-17(26-12)14-4-2-3-5-15(14)20)9-22-8-13-6-7-25-11-19(13,10-22)18(23)24/h2-5,13H,6-11H2,1H3,(H,23,24)/t13-,19+/m0/s1. The first-order valence-corrected chi connectivity index (χ1v) is 8.74. The summed E-state index contributed by atoms with van der Waals surface area (Å²) in [4.78, 5) is 18.4. The zero-order chi connectivity index (χ0) is 18.3. The molecule has 1 aromatic carbocycles. The number of aliphatic carboxylic acids is 1. The molecule has 1 N–H and O–H groups in total. The van der Waals surface area contributed by atoms with Crippen LogP contribution in [-0.4, -0.2) is 47.3 Å². The van der Waals surface area contributed by atoms with Crippen LogP contribution >= 0.6 is 0 Å². The smallest absolute Gasteiger partial charge is 0.313 e.